The van der Waals surface area contributed by atoms with Crippen LogP contribution in [-0.4, -0.2) is 20.2 Å². The van der Waals surface area contributed by atoms with E-state index >= 15 is 0 Å². The second-order valence-corrected chi connectivity index (χ2v) is 7.41. The Morgan fingerprint density at radius 2 is 1.36 bits per heavy atom. The molecular weight excluding hydrogens is 335 g/mol. The summed E-state index contributed by atoms with van der Waals surface area (Å²) >= 11 is -0.163. The second kappa shape index (κ2) is 6.21. The molecule has 0 fully saturated rings. The van der Waals surface area contributed by atoms with Crippen molar-refractivity contribution in [2.75, 3.05) is 11.0 Å². The Labute approximate surface area is 130 Å². The number of nitrogens with one attached hydrogen (secondary N) is 1. The van der Waals surface area contributed by atoms with E-state index in [0.29, 0.717) is 5.69 Å². The van der Waals surface area contributed by atoms with Crippen molar-refractivity contribution >= 4 is 27.5 Å². The van der Waals surface area contributed by atoms with E-state index in [1.807, 2.05) is 0 Å². The third-order valence-electron chi connectivity index (χ3n) is 2.61. The minimum absolute atomic E-state index is 0.117. The van der Waals surface area contributed by atoms with Gasteiger partial charge in [-0.15, -0.1) is 0 Å². The molecule has 0 aromatic heterocycles. The fourth-order valence-electron chi connectivity index (χ4n) is 1.79. The SMILES string of the molecule is CS(=O)(=O)Nc1ccc(-c2ccc(SC(F)(F)F)cc2)cc1. The topological polar surface area (TPSA) is 46.2 Å². The van der Waals surface area contributed by atoms with E-state index in [0.717, 1.165) is 17.4 Å². The van der Waals surface area contributed by atoms with Crippen LogP contribution in [0.5, 0.6) is 0 Å². The van der Waals surface area contributed by atoms with Gasteiger partial charge in [-0.3, -0.25) is 4.72 Å². The molecule has 0 radical (unpaired) electrons. The maximum atomic E-state index is 12.3. The average molecular weight is 347 g/mol. The van der Waals surface area contributed by atoms with Gasteiger partial charge in [-0.1, -0.05) is 24.3 Å². The fraction of sp³-hybridized carbons (Fsp3) is 0.143. The molecule has 118 valence electrons. The number of rotatable bonds is 4. The first-order chi connectivity index (χ1) is 10.1. The van der Waals surface area contributed by atoms with Crippen LogP contribution in [0.15, 0.2) is 53.4 Å². The number of anilines is 1. The van der Waals surface area contributed by atoms with E-state index in [4.69, 9.17) is 0 Å². The van der Waals surface area contributed by atoms with Gasteiger partial charge in [-0.05, 0) is 47.2 Å². The van der Waals surface area contributed by atoms with E-state index in [1.54, 1.807) is 36.4 Å². The van der Waals surface area contributed by atoms with Crippen molar-refractivity contribution in [3.63, 3.8) is 0 Å². The summed E-state index contributed by atoms with van der Waals surface area (Å²) in [6.45, 7) is 0. The highest BCUT2D eigenvalue weighted by Crippen LogP contribution is 2.37. The van der Waals surface area contributed by atoms with Crippen LogP contribution in [0, 0.1) is 0 Å². The molecule has 0 amide bonds. The van der Waals surface area contributed by atoms with Crippen molar-refractivity contribution in [1.29, 1.82) is 0 Å². The first kappa shape index (κ1) is 16.7. The zero-order chi connectivity index (χ0) is 16.4. The Balaban J connectivity index is 2.15. The van der Waals surface area contributed by atoms with Crippen LogP contribution in [0.2, 0.25) is 0 Å². The second-order valence-electron chi connectivity index (χ2n) is 4.52. The molecule has 0 aliphatic heterocycles. The summed E-state index contributed by atoms with van der Waals surface area (Å²) in [5.74, 6) is 0. The van der Waals surface area contributed by atoms with Gasteiger partial charge in [0.15, 0.2) is 0 Å². The van der Waals surface area contributed by atoms with Crippen LogP contribution in [0.3, 0.4) is 0 Å². The molecule has 2 aromatic rings. The normalized spacial score (nSPS) is 12.2. The molecule has 2 aromatic carbocycles. The molecule has 0 saturated heterocycles. The predicted molar refractivity (Wildman–Crippen MR) is 82.3 cm³/mol. The number of benzene rings is 2. The number of hydrogen-bond acceptors (Lipinski definition) is 3. The predicted octanol–water partition coefficient (Wildman–Crippen LogP) is 4.34. The minimum Gasteiger partial charge on any atom is -0.284 e. The lowest BCUT2D eigenvalue weighted by Crippen LogP contribution is -2.09. The van der Waals surface area contributed by atoms with Gasteiger partial charge in [0.05, 0.1) is 6.26 Å². The third kappa shape index (κ3) is 5.27. The molecule has 0 saturated carbocycles. The zero-order valence-corrected chi connectivity index (χ0v) is 13.0. The van der Waals surface area contributed by atoms with Crippen molar-refractivity contribution in [1.82, 2.24) is 0 Å². The zero-order valence-electron chi connectivity index (χ0n) is 11.4. The molecule has 0 spiro atoms. The number of halogens is 3. The molecule has 2 rings (SSSR count). The monoisotopic (exact) mass is 347 g/mol. The molecule has 0 aliphatic rings. The Morgan fingerprint density at radius 3 is 1.77 bits per heavy atom. The van der Waals surface area contributed by atoms with Gasteiger partial charge in [0.25, 0.3) is 0 Å². The van der Waals surface area contributed by atoms with Crippen LogP contribution in [0.1, 0.15) is 0 Å². The van der Waals surface area contributed by atoms with Crippen LogP contribution in [-0.2, 0) is 10.0 Å². The van der Waals surface area contributed by atoms with Gasteiger partial charge in [0.2, 0.25) is 10.0 Å². The molecule has 1 N–H and O–H groups in total. The lowest BCUT2D eigenvalue weighted by atomic mass is 10.1. The van der Waals surface area contributed by atoms with Crippen LogP contribution in [0.4, 0.5) is 18.9 Å². The molecule has 0 bridgehead atoms. The summed E-state index contributed by atoms with van der Waals surface area (Å²) in [4.78, 5) is 0.117. The van der Waals surface area contributed by atoms with E-state index in [9.17, 15) is 21.6 Å². The Morgan fingerprint density at radius 1 is 0.909 bits per heavy atom. The van der Waals surface area contributed by atoms with E-state index < -0.39 is 15.5 Å². The molecule has 0 heterocycles. The highest BCUT2D eigenvalue weighted by atomic mass is 32.2. The molecule has 22 heavy (non-hydrogen) atoms. The number of thioether (sulfide) groups is 1. The third-order valence-corrected chi connectivity index (χ3v) is 3.96. The summed E-state index contributed by atoms with van der Waals surface area (Å²) in [6, 6.07) is 12.6. The summed E-state index contributed by atoms with van der Waals surface area (Å²) in [7, 11) is -3.34. The fourth-order valence-corrected chi connectivity index (χ4v) is 2.90. The highest BCUT2D eigenvalue weighted by molar-refractivity contribution is 8.00. The maximum Gasteiger partial charge on any atom is 0.446 e. The average Bonchev–Trinajstić information content (AvgIpc) is 2.37. The summed E-state index contributed by atoms with van der Waals surface area (Å²) < 4.78 is 61.3. The van der Waals surface area contributed by atoms with Gasteiger partial charge < -0.3 is 0 Å². The number of sulfonamides is 1. The lowest BCUT2D eigenvalue weighted by molar-refractivity contribution is -0.0328. The lowest BCUT2D eigenvalue weighted by Gasteiger charge is -2.08. The Hall–Kier alpha value is -1.67. The van der Waals surface area contributed by atoms with Gasteiger partial charge in [-0.2, -0.15) is 13.2 Å². The molecule has 0 unspecified atom stereocenters. The Kier molecular flexibility index (Phi) is 4.72. The Bertz CT molecular complexity index is 739. The summed E-state index contributed by atoms with van der Waals surface area (Å²) in [5.41, 5.74) is -2.35. The molecular formula is C14H12F3NO2S2. The smallest absolute Gasteiger partial charge is 0.284 e. The van der Waals surface area contributed by atoms with E-state index in [-0.39, 0.29) is 16.7 Å². The summed E-state index contributed by atoms with van der Waals surface area (Å²) in [5, 5.41) is 0. The van der Waals surface area contributed by atoms with Gasteiger partial charge in [-0.25, -0.2) is 8.42 Å². The van der Waals surface area contributed by atoms with Crippen LogP contribution in [0.25, 0.3) is 11.1 Å². The van der Waals surface area contributed by atoms with E-state index in [2.05, 4.69) is 4.72 Å². The molecule has 0 aliphatic carbocycles. The molecule has 8 heteroatoms. The van der Waals surface area contributed by atoms with Crippen molar-refractivity contribution in [3.05, 3.63) is 48.5 Å². The summed E-state index contributed by atoms with van der Waals surface area (Å²) in [6.07, 6.45) is 1.05. The highest BCUT2D eigenvalue weighted by Gasteiger charge is 2.28. The van der Waals surface area contributed by atoms with Gasteiger partial charge in [0.1, 0.15) is 0 Å². The maximum absolute atomic E-state index is 12.3. The van der Waals surface area contributed by atoms with Crippen molar-refractivity contribution in [3.8, 4) is 11.1 Å². The molecule has 0 atom stereocenters. The largest absolute Gasteiger partial charge is 0.446 e. The number of alkyl halides is 3. The molecule has 3 nitrogen and oxygen atoms in total. The van der Waals surface area contributed by atoms with E-state index in [1.165, 1.54) is 12.1 Å². The van der Waals surface area contributed by atoms with Gasteiger partial charge >= 0.3 is 5.51 Å². The van der Waals surface area contributed by atoms with Crippen LogP contribution >= 0.6 is 11.8 Å². The quantitative estimate of drug-likeness (QED) is 0.837. The van der Waals surface area contributed by atoms with Crippen molar-refractivity contribution in [2.45, 2.75) is 10.4 Å². The van der Waals surface area contributed by atoms with Gasteiger partial charge in [0, 0.05) is 10.6 Å². The number of hydrogen-bond donors (Lipinski definition) is 1. The first-order valence-corrected chi connectivity index (χ1v) is 8.77. The standard InChI is InChI=1S/C14H12F3NO2S2/c1-22(19,20)18-12-6-2-10(3-7-12)11-4-8-13(9-5-11)21-14(15,16)17/h2-9,18H,1H3. The minimum atomic E-state index is -4.31. The van der Waals surface area contributed by atoms with Crippen molar-refractivity contribution in [2.24, 2.45) is 0 Å². The van der Waals surface area contributed by atoms with Crippen molar-refractivity contribution < 1.29 is 21.6 Å². The van der Waals surface area contributed by atoms with Crippen LogP contribution < -0.4 is 4.72 Å². The first-order valence-electron chi connectivity index (χ1n) is 6.06.